The van der Waals surface area contributed by atoms with Crippen molar-refractivity contribution in [2.45, 2.75) is 32.7 Å². The van der Waals surface area contributed by atoms with Gasteiger partial charge in [-0.15, -0.1) is 0 Å². The lowest BCUT2D eigenvalue weighted by Crippen LogP contribution is -2.29. The molecule has 0 aliphatic carbocycles. The molecule has 0 bridgehead atoms. The average Bonchev–Trinajstić information content (AvgIpc) is 2.58. The molecule has 0 amide bonds. The van der Waals surface area contributed by atoms with Crippen LogP contribution in [0.1, 0.15) is 36.0 Å². The van der Waals surface area contributed by atoms with E-state index in [0.29, 0.717) is 5.92 Å². The fraction of sp³-hybridized carbons (Fsp3) is 0.667. The standard InChI is InChI=1S/C12H19NO2/c1-8-6-11(9(2)15-8)12(13)10-4-3-5-14-7-10/h6,10,12H,3-5,7,13H2,1-2H3. The van der Waals surface area contributed by atoms with Crippen molar-refractivity contribution >= 4 is 0 Å². The number of rotatable bonds is 2. The second kappa shape index (κ2) is 4.37. The first kappa shape index (κ1) is 10.7. The van der Waals surface area contributed by atoms with E-state index in [-0.39, 0.29) is 6.04 Å². The van der Waals surface area contributed by atoms with Gasteiger partial charge in [-0.3, -0.25) is 0 Å². The number of hydrogen-bond acceptors (Lipinski definition) is 3. The zero-order chi connectivity index (χ0) is 10.8. The van der Waals surface area contributed by atoms with Crippen molar-refractivity contribution in [1.82, 2.24) is 0 Å². The van der Waals surface area contributed by atoms with Crippen LogP contribution in [0.3, 0.4) is 0 Å². The summed E-state index contributed by atoms with van der Waals surface area (Å²) < 4.78 is 11.0. The third-order valence-electron chi connectivity index (χ3n) is 3.14. The number of ether oxygens (including phenoxy) is 1. The van der Waals surface area contributed by atoms with Crippen molar-refractivity contribution in [3.05, 3.63) is 23.2 Å². The molecule has 0 aromatic carbocycles. The van der Waals surface area contributed by atoms with Gasteiger partial charge in [-0.2, -0.15) is 0 Å². The normalized spacial score (nSPS) is 24.1. The lowest BCUT2D eigenvalue weighted by atomic mass is 9.89. The topological polar surface area (TPSA) is 48.4 Å². The summed E-state index contributed by atoms with van der Waals surface area (Å²) in [7, 11) is 0. The van der Waals surface area contributed by atoms with Gasteiger partial charge in [0.2, 0.25) is 0 Å². The highest BCUT2D eigenvalue weighted by molar-refractivity contribution is 5.24. The zero-order valence-electron chi connectivity index (χ0n) is 9.45. The van der Waals surface area contributed by atoms with Gasteiger partial charge in [-0.1, -0.05) is 0 Å². The molecule has 1 aromatic rings. The third-order valence-corrected chi connectivity index (χ3v) is 3.14. The van der Waals surface area contributed by atoms with Gasteiger partial charge in [0.15, 0.2) is 0 Å². The molecule has 84 valence electrons. The van der Waals surface area contributed by atoms with Gasteiger partial charge >= 0.3 is 0 Å². The summed E-state index contributed by atoms with van der Waals surface area (Å²) in [6, 6.07) is 2.11. The lowest BCUT2D eigenvalue weighted by molar-refractivity contribution is 0.0446. The van der Waals surface area contributed by atoms with E-state index in [1.807, 2.05) is 13.8 Å². The van der Waals surface area contributed by atoms with Gasteiger partial charge in [-0.05, 0) is 32.8 Å². The predicted octanol–water partition coefficient (Wildman–Crippen LogP) is 2.32. The molecule has 0 spiro atoms. The van der Waals surface area contributed by atoms with Crippen molar-refractivity contribution in [3.63, 3.8) is 0 Å². The SMILES string of the molecule is Cc1cc(C(N)C2CCCOC2)c(C)o1. The maximum atomic E-state index is 6.24. The van der Waals surface area contributed by atoms with Crippen LogP contribution < -0.4 is 5.73 Å². The van der Waals surface area contributed by atoms with Crippen LogP contribution in [0.2, 0.25) is 0 Å². The second-order valence-corrected chi connectivity index (χ2v) is 4.37. The molecule has 2 rings (SSSR count). The first-order chi connectivity index (χ1) is 7.18. The molecule has 3 nitrogen and oxygen atoms in total. The maximum Gasteiger partial charge on any atom is 0.105 e. The smallest absolute Gasteiger partial charge is 0.105 e. The summed E-state index contributed by atoms with van der Waals surface area (Å²) in [5.41, 5.74) is 7.39. The van der Waals surface area contributed by atoms with Crippen molar-refractivity contribution in [2.75, 3.05) is 13.2 Å². The molecular formula is C12H19NO2. The highest BCUT2D eigenvalue weighted by Crippen LogP contribution is 2.30. The summed E-state index contributed by atoms with van der Waals surface area (Å²) in [4.78, 5) is 0. The van der Waals surface area contributed by atoms with Crippen LogP contribution in [0, 0.1) is 19.8 Å². The number of hydrogen-bond donors (Lipinski definition) is 1. The molecule has 0 radical (unpaired) electrons. The van der Waals surface area contributed by atoms with E-state index >= 15 is 0 Å². The van der Waals surface area contributed by atoms with E-state index in [1.54, 1.807) is 0 Å². The second-order valence-electron chi connectivity index (χ2n) is 4.37. The highest BCUT2D eigenvalue weighted by atomic mass is 16.5. The van der Waals surface area contributed by atoms with Gasteiger partial charge in [0.25, 0.3) is 0 Å². The first-order valence-electron chi connectivity index (χ1n) is 5.58. The number of furan rings is 1. The Morgan fingerprint density at radius 1 is 1.47 bits per heavy atom. The van der Waals surface area contributed by atoms with Crippen LogP contribution in [0.4, 0.5) is 0 Å². The minimum Gasteiger partial charge on any atom is -0.466 e. The van der Waals surface area contributed by atoms with E-state index in [4.69, 9.17) is 14.9 Å². The Kier molecular flexibility index (Phi) is 3.12. The summed E-state index contributed by atoms with van der Waals surface area (Å²) in [5.74, 6) is 2.33. The van der Waals surface area contributed by atoms with Crippen molar-refractivity contribution < 1.29 is 9.15 Å². The number of aryl methyl sites for hydroxylation is 2. The van der Waals surface area contributed by atoms with Gasteiger partial charge in [-0.25, -0.2) is 0 Å². The van der Waals surface area contributed by atoms with E-state index in [0.717, 1.165) is 43.1 Å². The van der Waals surface area contributed by atoms with Crippen LogP contribution in [0.15, 0.2) is 10.5 Å². The van der Waals surface area contributed by atoms with Crippen molar-refractivity contribution in [2.24, 2.45) is 11.7 Å². The predicted molar refractivity (Wildman–Crippen MR) is 58.7 cm³/mol. The highest BCUT2D eigenvalue weighted by Gasteiger charge is 2.25. The van der Waals surface area contributed by atoms with Crippen LogP contribution in [0.25, 0.3) is 0 Å². The van der Waals surface area contributed by atoms with Crippen LogP contribution >= 0.6 is 0 Å². The molecule has 1 saturated heterocycles. The third kappa shape index (κ3) is 2.24. The van der Waals surface area contributed by atoms with Crippen LogP contribution in [-0.4, -0.2) is 13.2 Å². The quantitative estimate of drug-likeness (QED) is 0.813. The average molecular weight is 209 g/mol. The van der Waals surface area contributed by atoms with Crippen molar-refractivity contribution in [3.8, 4) is 0 Å². The summed E-state index contributed by atoms with van der Waals surface area (Å²) in [6.45, 7) is 5.60. The van der Waals surface area contributed by atoms with Crippen LogP contribution in [-0.2, 0) is 4.74 Å². The van der Waals surface area contributed by atoms with E-state index in [9.17, 15) is 0 Å². The lowest BCUT2D eigenvalue weighted by Gasteiger charge is -2.27. The van der Waals surface area contributed by atoms with E-state index in [2.05, 4.69) is 6.07 Å². The van der Waals surface area contributed by atoms with Crippen molar-refractivity contribution in [1.29, 1.82) is 0 Å². The summed E-state index contributed by atoms with van der Waals surface area (Å²) in [5, 5.41) is 0. The Bertz CT molecular complexity index is 326. The summed E-state index contributed by atoms with van der Waals surface area (Å²) >= 11 is 0. The van der Waals surface area contributed by atoms with E-state index in [1.165, 1.54) is 0 Å². The molecule has 2 N–H and O–H groups in total. The van der Waals surface area contributed by atoms with E-state index < -0.39 is 0 Å². The zero-order valence-corrected chi connectivity index (χ0v) is 9.45. The first-order valence-corrected chi connectivity index (χ1v) is 5.58. The van der Waals surface area contributed by atoms with Gasteiger partial charge in [0, 0.05) is 24.1 Å². The molecule has 1 fully saturated rings. The molecular weight excluding hydrogens is 190 g/mol. The molecule has 2 unspecified atom stereocenters. The minimum atomic E-state index is 0.0581. The Morgan fingerprint density at radius 2 is 2.27 bits per heavy atom. The molecule has 2 heterocycles. The Morgan fingerprint density at radius 3 is 2.80 bits per heavy atom. The Labute approximate surface area is 90.6 Å². The fourth-order valence-electron chi connectivity index (χ4n) is 2.28. The Hall–Kier alpha value is -0.800. The minimum absolute atomic E-state index is 0.0581. The monoisotopic (exact) mass is 209 g/mol. The number of nitrogens with two attached hydrogens (primary N) is 1. The molecule has 1 aliphatic rings. The maximum absolute atomic E-state index is 6.24. The van der Waals surface area contributed by atoms with Crippen LogP contribution in [0.5, 0.6) is 0 Å². The van der Waals surface area contributed by atoms with Gasteiger partial charge < -0.3 is 14.9 Å². The largest absolute Gasteiger partial charge is 0.466 e. The van der Waals surface area contributed by atoms with Gasteiger partial charge in [0.1, 0.15) is 11.5 Å². The molecule has 15 heavy (non-hydrogen) atoms. The molecule has 3 heteroatoms. The molecule has 0 saturated carbocycles. The fourth-order valence-corrected chi connectivity index (χ4v) is 2.28. The summed E-state index contributed by atoms with van der Waals surface area (Å²) in [6.07, 6.45) is 2.28. The molecule has 1 aliphatic heterocycles. The molecule has 1 aromatic heterocycles. The molecule has 2 atom stereocenters. The van der Waals surface area contributed by atoms with Gasteiger partial charge in [0.05, 0.1) is 6.61 Å². The Balaban J connectivity index is 2.12.